The first kappa shape index (κ1) is 20.1. The normalized spacial score (nSPS) is 13.5. The van der Waals surface area contributed by atoms with Gasteiger partial charge < -0.3 is 18.8 Å². The number of hydrogen-bond acceptors (Lipinski definition) is 5. The zero-order valence-electron chi connectivity index (χ0n) is 17.5. The summed E-state index contributed by atoms with van der Waals surface area (Å²) in [6, 6.07) is 18.5. The van der Waals surface area contributed by atoms with Gasteiger partial charge in [0, 0.05) is 24.7 Å². The predicted molar refractivity (Wildman–Crippen MR) is 117 cm³/mol. The number of nitrogens with zero attached hydrogens (tertiary/aromatic N) is 1. The lowest BCUT2D eigenvalue weighted by Crippen LogP contribution is -2.25. The Balaban J connectivity index is 1.42. The molecule has 0 N–H and O–H groups in total. The summed E-state index contributed by atoms with van der Waals surface area (Å²) in [5, 5.41) is 0. The maximum Gasteiger partial charge on any atom is 0.344 e. The van der Waals surface area contributed by atoms with Crippen LogP contribution < -0.4 is 9.64 Å². The standard InChI is InChI=1S/C25H27NO4/c1-3-28-25(27)17-29-22-9-8-19-12-14-26(15-13-21(19)16-22)24-11-10-23(30-24)20-6-4-18(2)5-7-20/h4-11,16H,3,12-15,17H2,1-2H3. The molecule has 1 aromatic heterocycles. The second-order valence-corrected chi connectivity index (χ2v) is 7.52. The number of rotatable bonds is 6. The van der Waals surface area contributed by atoms with Crippen molar-refractivity contribution in [3.63, 3.8) is 0 Å². The molecule has 30 heavy (non-hydrogen) atoms. The number of benzene rings is 2. The molecule has 3 aromatic rings. The Morgan fingerprint density at radius 2 is 1.77 bits per heavy atom. The van der Waals surface area contributed by atoms with Crippen molar-refractivity contribution in [2.75, 3.05) is 31.2 Å². The van der Waals surface area contributed by atoms with E-state index in [-0.39, 0.29) is 12.6 Å². The number of fused-ring (bicyclic) bond motifs is 1. The number of anilines is 1. The van der Waals surface area contributed by atoms with E-state index in [1.54, 1.807) is 6.92 Å². The monoisotopic (exact) mass is 405 g/mol. The van der Waals surface area contributed by atoms with Gasteiger partial charge in [0.15, 0.2) is 12.5 Å². The number of esters is 1. The smallest absolute Gasteiger partial charge is 0.344 e. The van der Waals surface area contributed by atoms with Crippen LogP contribution in [0.5, 0.6) is 5.75 Å². The van der Waals surface area contributed by atoms with Gasteiger partial charge in [-0.15, -0.1) is 0 Å². The first-order valence-corrected chi connectivity index (χ1v) is 10.4. The Morgan fingerprint density at radius 3 is 2.53 bits per heavy atom. The zero-order chi connectivity index (χ0) is 20.9. The van der Waals surface area contributed by atoms with E-state index >= 15 is 0 Å². The maximum atomic E-state index is 11.5. The molecular weight excluding hydrogens is 378 g/mol. The van der Waals surface area contributed by atoms with Crippen LogP contribution in [0, 0.1) is 6.92 Å². The first-order chi connectivity index (χ1) is 14.6. The Kier molecular flexibility index (Phi) is 6.07. The first-order valence-electron chi connectivity index (χ1n) is 10.4. The average Bonchev–Trinajstić information content (AvgIpc) is 3.14. The van der Waals surface area contributed by atoms with Gasteiger partial charge in [0.25, 0.3) is 0 Å². The highest BCUT2D eigenvalue weighted by Gasteiger charge is 2.18. The third-order valence-electron chi connectivity index (χ3n) is 5.38. The van der Waals surface area contributed by atoms with E-state index in [0.717, 1.165) is 43.1 Å². The molecule has 0 bridgehead atoms. The minimum absolute atomic E-state index is 0.0626. The third-order valence-corrected chi connectivity index (χ3v) is 5.38. The SMILES string of the molecule is CCOC(=O)COc1ccc2c(c1)CCN(c1ccc(-c3ccc(C)cc3)o1)CC2. The van der Waals surface area contributed by atoms with Gasteiger partial charge in [-0.1, -0.05) is 35.9 Å². The summed E-state index contributed by atoms with van der Waals surface area (Å²) < 4.78 is 16.7. The van der Waals surface area contributed by atoms with Crippen LogP contribution in [-0.4, -0.2) is 32.3 Å². The van der Waals surface area contributed by atoms with Crippen molar-refractivity contribution in [3.05, 3.63) is 71.3 Å². The largest absolute Gasteiger partial charge is 0.482 e. The second kappa shape index (κ2) is 9.08. The summed E-state index contributed by atoms with van der Waals surface area (Å²) in [5.74, 6) is 2.15. The van der Waals surface area contributed by atoms with E-state index in [1.165, 1.54) is 16.7 Å². The fraction of sp³-hybridized carbons (Fsp3) is 0.320. The predicted octanol–water partition coefficient (Wildman–Crippen LogP) is 4.80. The molecule has 1 aliphatic rings. The molecule has 0 radical (unpaired) electrons. The molecule has 156 valence electrons. The lowest BCUT2D eigenvalue weighted by Gasteiger charge is -2.19. The summed E-state index contributed by atoms with van der Waals surface area (Å²) in [7, 11) is 0. The number of furan rings is 1. The topological polar surface area (TPSA) is 51.9 Å². The van der Waals surface area contributed by atoms with E-state index in [9.17, 15) is 4.79 Å². The van der Waals surface area contributed by atoms with Gasteiger partial charge in [-0.2, -0.15) is 0 Å². The van der Waals surface area contributed by atoms with Crippen LogP contribution in [0.4, 0.5) is 5.88 Å². The molecule has 1 aliphatic heterocycles. The molecule has 0 atom stereocenters. The van der Waals surface area contributed by atoms with Crippen LogP contribution >= 0.6 is 0 Å². The molecule has 0 saturated carbocycles. The number of hydrogen-bond donors (Lipinski definition) is 0. The van der Waals surface area contributed by atoms with Crippen LogP contribution in [0.25, 0.3) is 11.3 Å². The molecule has 4 rings (SSSR count). The fourth-order valence-corrected chi connectivity index (χ4v) is 3.73. The summed E-state index contributed by atoms with van der Waals surface area (Å²) in [6.07, 6.45) is 1.83. The third kappa shape index (κ3) is 4.67. The zero-order valence-corrected chi connectivity index (χ0v) is 17.5. The van der Waals surface area contributed by atoms with Gasteiger partial charge in [-0.05, 0) is 56.0 Å². The van der Waals surface area contributed by atoms with Crippen molar-refractivity contribution in [1.29, 1.82) is 0 Å². The van der Waals surface area contributed by atoms with Gasteiger partial charge in [0.05, 0.1) is 6.61 Å². The molecule has 0 unspecified atom stereocenters. The van der Waals surface area contributed by atoms with Crippen molar-refractivity contribution in [1.82, 2.24) is 0 Å². The lowest BCUT2D eigenvalue weighted by molar-refractivity contribution is -0.145. The summed E-state index contributed by atoms with van der Waals surface area (Å²) in [6.45, 7) is 5.94. The van der Waals surface area contributed by atoms with Crippen LogP contribution in [0.1, 0.15) is 23.6 Å². The molecule has 5 heteroatoms. The molecule has 5 nitrogen and oxygen atoms in total. The minimum atomic E-state index is -0.346. The van der Waals surface area contributed by atoms with Crippen molar-refractivity contribution in [3.8, 4) is 17.1 Å². The number of aryl methyl sites for hydroxylation is 1. The van der Waals surface area contributed by atoms with E-state index in [1.807, 2.05) is 18.2 Å². The highest BCUT2D eigenvalue weighted by Crippen LogP contribution is 2.29. The molecular formula is C25H27NO4. The molecule has 2 aromatic carbocycles. The van der Waals surface area contributed by atoms with Gasteiger partial charge in [-0.25, -0.2) is 4.79 Å². The van der Waals surface area contributed by atoms with Gasteiger partial charge in [0.1, 0.15) is 11.5 Å². The van der Waals surface area contributed by atoms with Crippen LogP contribution in [-0.2, 0) is 22.4 Å². The summed E-state index contributed by atoms with van der Waals surface area (Å²) in [5.41, 5.74) is 4.89. The highest BCUT2D eigenvalue weighted by molar-refractivity contribution is 5.71. The van der Waals surface area contributed by atoms with E-state index < -0.39 is 0 Å². The van der Waals surface area contributed by atoms with Crippen molar-refractivity contribution >= 4 is 11.9 Å². The fourth-order valence-electron chi connectivity index (χ4n) is 3.73. The number of carbonyl (C=O) groups is 1. The second-order valence-electron chi connectivity index (χ2n) is 7.52. The van der Waals surface area contributed by atoms with Crippen molar-refractivity contribution in [2.24, 2.45) is 0 Å². The average molecular weight is 405 g/mol. The minimum Gasteiger partial charge on any atom is -0.482 e. The van der Waals surface area contributed by atoms with E-state index in [2.05, 4.69) is 48.2 Å². The molecule has 0 saturated heterocycles. The van der Waals surface area contributed by atoms with E-state index in [4.69, 9.17) is 13.9 Å². The molecule has 0 fully saturated rings. The molecule has 2 heterocycles. The molecule has 0 spiro atoms. The van der Waals surface area contributed by atoms with Crippen molar-refractivity contribution < 1.29 is 18.7 Å². The van der Waals surface area contributed by atoms with Gasteiger partial charge >= 0.3 is 5.97 Å². The van der Waals surface area contributed by atoms with Crippen LogP contribution in [0.15, 0.2) is 59.0 Å². The Bertz CT molecular complexity index is 1010. The highest BCUT2D eigenvalue weighted by atomic mass is 16.6. The maximum absolute atomic E-state index is 11.5. The van der Waals surface area contributed by atoms with Crippen molar-refractivity contribution in [2.45, 2.75) is 26.7 Å². The molecule has 0 amide bonds. The number of carbonyl (C=O) groups excluding carboxylic acids is 1. The van der Waals surface area contributed by atoms with Gasteiger partial charge in [0.2, 0.25) is 0 Å². The van der Waals surface area contributed by atoms with Crippen LogP contribution in [0.3, 0.4) is 0 Å². The van der Waals surface area contributed by atoms with Crippen LogP contribution in [0.2, 0.25) is 0 Å². The van der Waals surface area contributed by atoms with Gasteiger partial charge in [-0.3, -0.25) is 0 Å². The Hall–Kier alpha value is -3.21. The number of ether oxygens (including phenoxy) is 2. The quantitative estimate of drug-likeness (QED) is 0.551. The Morgan fingerprint density at radius 1 is 1.00 bits per heavy atom. The summed E-state index contributed by atoms with van der Waals surface area (Å²) in [4.78, 5) is 13.8. The summed E-state index contributed by atoms with van der Waals surface area (Å²) >= 11 is 0. The lowest BCUT2D eigenvalue weighted by atomic mass is 10.0. The molecule has 0 aliphatic carbocycles. The Labute approximate surface area is 177 Å². The van der Waals surface area contributed by atoms with E-state index in [0.29, 0.717) is 12.4 Å².